The highest BCUT2D eigenvalue weighted by Gasteiger charge is 2.08. The van der Waals surface area contributed by atoms with E-state index in [0.717, 1.165) is 0 Å². The van der Waals surface area contributed by atoms with Gasteiger partial charge in [-0.3, -0.25) is 14.6 Å². The summed E-state index contributed by atoms with van der Waals surface area (Å²) < 4.78 is 0. The van der Waals surface area contributed by atoms with E-state index in [9.17, 15) is 9.59 Å². The highest BCUT2D eigenvalue weighted by molar-refractivity contribution is 6.00. The van der Waals surface area contributed by atoms with Gasteiger partial charge in [0.2, 0.25) is 0 Å². The van der Waals surface area contributed by atoms with Gasteiger partial charge in [0.15, 0.2) is 6.29 Å². The summed E-state index contributed by atoms with van der Waals surface area (Å²) in [5.41, 5.74) is 0.465. The van der Waals surface area contributed by atoms with Crippen LogP contribution >= 0.6 is 0 Å². The van der Waals surface area contributed by atoms with Gasteiger partial charge in [0.25, 0.3) is 5.91 Å². The maximum absolute atomic E-state index is 11.1. The van der Waals surface area contributed by atoms with Crippen molar-refractivity contribution in [2.45, 2.75) is 0 Å². The third kappa shape index (κ3) is 1.47. The molecule has 0 fully saturated rings. The van der Waals surface area contributed by atoms with Gasteiger partial charge in [0, 0.05) is 13.2 Å². The first kappa shape index (κ1) is 8.39. The minimum atomic E-state index is -0.301. The number of pyridine rings is 1. The van der Waals surface area contributed by atoms with Crippen LogP contribution in [0.4, 0.5) is 0 Å². The first-order valence-electron chi connectivity index (χ1n) is 3.42. The Hall–Kier alpha value is -1.71. The van der Waals surface area contributed by atoms with Crippen molar-refractivity contribution >= 4 is 12.2 Å². The first-order valence-corrected chi connectivity index (χ1v) is 3.42. The van der Waals surface area contributed by atoms with E-state index in [1.165, 1.54) is 13.2 Å². The third-order valence-corrected chi connectivity index (χ3v) is 1.42. The molecule has 0 bridgehead atoms. The van der Waals surface area contributed by atoms with Crippen molar-refractivity contribution in [1.29, 1.82) is 0 Å². The van der Waals surface area contributed by atoms with Crippen molar-refractivity contribution in [3.05, 3.63) is 29.6 Å². The Morgan fingerprint density at radius 1 is 1.67 bits per heavy atom. The molecule has 4 nitrogen and oxygen atoms in total. The van der Waals surface area contributed by atoms with Crippen molar-refractivity contribution in [1.82, 2.24) is 10.3 Å². The molecule has 1 N–H and O–H groups in total. The van der Waals surface area contributed by atoms with E-state index in [0.29, 0.717) is 11.8 Å². The number of hydrogen-bond acceptors (Lipinski definition) is 3. The molecule has 0 radical (unpaired) electrons. The van der Waals surface area contributed by atoms with Gasteiger partial charge in [0.1, 0.15) is 5.69 Å². The van der Waals surface area contributed by atoms with Gasteiger partial charge < -0.3 is 5.32 Å². The number of rotatable bonds is 2. The fraction of sp³-hybridized carbons (Fsp3) is 0.125. The number of aldehydes is 1. The number of aromatic nitrogens is 1. The predicted molar refractivity (Wildman–Crippen MR) is 43.0 cm³/mol. The van der Waals surface area contributed by atoms with Crippen LogP contribution < -0.4 is 5.32 Å². The second-order valence-corrected chi connectivity index (χ2v) is 2.13. The lowest BCUT2D eigenvalue weighted by Gasteiger charge is -2.00. The van der Waals surface area contributed by atoms with Gasteiger partial charge in [-0.1, -0.05) is 0 Å². The molecule has 1 amide bonds. The largest absolute Gasteiger partial charge is 0.355 e. The average molecular weight is 164 g/mol. The predicted octanol–water partition coefficient (Wildman–Crippen LogP) is 0.254. The van der Waals surface area contributed by atoms with Crippen LogP contribution in [0, 0.1) is 0 Å². The highest BCUT2D eigenvalue weighted by Crippen LogP contribution is 2.01. The maximum Gasteiger partial charge on any atom is 0.253 e. The van der Waals surface area contributed by atoms with Crippen molar-refractivity contribution in [3.8, 4) is 0 Å². The summed E-state index contributed by atoms with van der Waals surface area (Å²) in [6, 6.07) is 3.16. The standard InChI is InChI=1S/C8H8N2O2/c1-9-8(12)6-3-2-4-10-7(6)5-11/h2-5H,1H3,(H,9,12). The number of nitrogens with one attached hydrogen (secondary N) is 1. The third-order valence-electron chi connectivity index (χ3n) is 1.42. The second-order valence-electron chi connectivity index (χ2n) is 2.13. The molecular formula is C8H8N2O2. The normalized spacial score (nSPS) is 9.08. The number of carbonyl (C=O) groups excluding carboxylic acids is 2. The minimum Gasteiger partial charge on any atom is -0.355 e. The minimum absolute atomic E-state index is 0.164. The molecule has 12 heavy (non-hydrogen) atoms. The lowest BCUT2D eigenvalue weighted by Crippen LogP contribution is -2.19. The highest BCUT2D eigenvalue weighted by atomic mass is 16.1. The van der Waals surface area contributed by atoms with Gasteiger partial charge in [-0.2, -0.15) is 0 Å². The first-order chi connectivity index (χ1) is 5.79. The second kappa shape index (κ2) is 3.61. The smallest absolute Gasteiger partial charge is 0.253 e. The zero-order chi connectivity index (χ0) is 8.97. The van der Waals surface area contributed by atoms with Crippen molar-refractivity contribution < 1.29 is 9.59 Å². The molecule has 1 aromatic rings. The summed E-state index contributed by atoms with van der Waals surface area (Å²) in [7, 11) is 1.50. The van der Waals surface area contributed by atoms with E-state index in [2.05, 4.69) is 10.3 Å². The number of hydrogen-bond donors (Lipinski definition) is 1. The molecule has 0 aliphatic carbocycles. The summed E-state index contributed by atoms with van der Waals surface area (Å²) >= 11 is 0. The molecule has 1 aromatic heterocycles. The van der Waals surface area contributed by atoms with Crippen LogP contribution in [0.5, 0.6) is 0 Å². The maximum atomic E-state index is 11.1. The zero-order valence-electron chi connectivity index (χ0n) is 6.57. The molecule has 0 saturated heterocycles. The molecule has 62 valence electrons. The lowest BCUT2D eigenvalue weighted by molar-refractivity contribution is 0.0956. The van der Waals surface area contributed by atoms with Gasteiger partial charge in [-0.05, 0) is 12.1 Å². The summed E-state index contributed by atoms with van der Waals surface area (Å²) in [6.07, 6.45) is 2.03. The van der Waals surface area contributed by atoms with Crippen LogP contribution in [0.2, 0.25) is 0 Å². The Labute approximate surface area is 69.6 Å². The van der Waals surface area contributed by atoms with E-state index in [4.69, 9.17) is 0 Å². The lowest BCUT2D eigenvalue weighted by atomic mass is 10.2. The molecule has 1 heterocycles. The van der Waals surface area contributed by atoms with Gasteiger partial charge in [0.05, 0.1) is 5.56 Å². The Morgan fingerprint density at radius 2 is 2.42 bits per heavy atom. The van der Waals surface area contributed by atoms with Crippen LogP contribution in [-0.4, -0.2) is 24.2 Å². The van der Waals surface area contributed by atoms with Gasteiger partial charge in [-0.25, -0.2) is 0 Å². The Kier molecular flexibility index (Phi) is 2.53. The summed E-state index contributed by atoms with van der Waals surface area (Å²) in [4.78, 5) is 25.2. The van der Waals surface area contributed by atoms with Crippen LogP contribution in [0.1, 0.15) is 20.8 Å². The molecule has 1 rings (SSSR count). The fourth-order valence-electron chi connectivity index (χ4n) is 0.838. The monoisotopic (exact) mass is 164 g/mol. The quantitative estimate of drug-likeness (QED) is 0.637. The summed E-state index contributed by atoms with van der Waals surface area (Å²) in [5, 5.41) is 2.42. The number of carbonyl (C=O) groups is 2. The van der Waals surface area contributed by atoms with Crippen LogP contribution in [0.3, 0.4) is 0 Å². The Morgan fingerprint density at radius 3 is 3.00 bits per heavy atom. The molecule has 0 unspecified atom stereocenters. The van der Waals surface area contributed by atoms with E-state index in [-0.39, 0.29) is 11.6 Å². The fourth-order valence-corrected chi connectivity index (χ4v) is 0.838. The zero-order valence-corrected chi connectivity index (χ0v) is 6.57. The Bertz CT molecular complexity index is 310. The van der Waals surface area contributed by atoms with E-state index >= 15 is 0 Å². The van der Waals surface area contributed by atoms with Crippen LogP contribution in [0.25, 0.3) is 0 Å². The topological polar surface area (TPSA) is 59.1 Å². The van der Waals surface area contributed by atoms with Crippen molar-refractivity contribution in [2.24, 2.45) is 0 Å². The molecule has 0 atom stereocenters. The van der Waals surface area contributed by atoms with E-state index in [1.54, 1.807) is 12.1 Å². The van der Waals surface area contributed by atoms with Crippen molar-refractivity contribution in [3.63, 3.8) is 0 Å². The SMILES string of the molecule is CNC(=O)c1cccnc1C=O. The molecule has 0 aromatic carbocycles. The molecule has 0 spiro atoms. The number of nitrogens with zero attached hydrogens (tertiary/aromatic N) is 1. The molecule has 0 aliphatic rings. The van der Waals surface area contributed by atoms with E-state index in [1.807, 2.05) is 0 Å². The van der Waals surface area contributed by atoms with Crippen LogP contribution in [0.15, 0.2) is 18.3 Å². The average Bonchev–Trinajstić information content (AvgIpc) is 2.16. The molecular weight excluding hydrogens is 156 g/mol. The van der Waals surface area contributed by atoms with Crippen LogP contribution in [-0.2, 0) is 0 Å². The van der Waals surface area contributed by atoms with Gasteiger partial charge in [-0.15, -0.1) is 0 Å². The van der Waals surface area contributed by atoms with Gasteiger partial charge >= 0.3 is 0 Å². The summed E-state index contributed by atoms with van der Waals surface area (Å²) in [6.45, 7) is 0. The van der Waals surface area contributed by atoms with E-state index < -0.39 is 0 Å². The van der Waals surface area contributed by atoms with Crippen molar-refractivity contribution in [2.75, 3.05) is 7.05 Å². The molecule has 0 aliphatic heterocycles. The summed E-state index contributed by atoms with van der Waals surface area (Å²) in [5.74, 6) is -0.301. The molecule has 0 saturated carbocycles. The number of amides is 1. The Balaban J connectivity index is 3.13. The molecule has 4 heteroatoms.